The molecule has 0 amide bonds. The first-order chi connectivity index (χ1) is 14.1. The summed E-state index contributed by atoms with van der Waals surface area (Å²) in [6.07, 6.45) is 0.821. The molecule has 1 heterocycles. The van der Waals surface area contributed by atoms with E-state index in [-0.39, 0.29) is 5.82 Å². The normalized spacial score (nSPS) is 16.0. The second kappa shape index (κ2) is 10.9. The van der Waals surface area contributed by atoms with E-state index in [0.29, 0.717) is 0 Å². The molecular weight excluding hydrogens is 365 g/mol. The van der Waals surface area contributed by atoms with Crippen molar-refractivity contribution in [3.8, 4) is 0 Å². The van der Waals surface area contributed by atoms with Gasteiger partial charge >= 0.3 is 0 Å². The molecule has 0 unspecified atom stereocenters. The summed E-state index contributed by atoms with van der Waals surface area (Å²) >= 11 is 0. The van der Waals surface area contributed by atoms with E-state index in [0.717, 1.165) is 63.8 Å². The van der Waals surface area contributed by atoms with Gasteiger partial charge in [0.2, 0.25) is 0 Å². The Labute approximate surface area is 173 Å². The SMILES string of the molecule is CN=C(NCCc1ccc(F)cc1)NCc1ccc(CN2CCN(C)CC2)cc1. The minimum Gasteiger partial charge on any atom is -0.356 e. The zero-order valence-corrected chi connectivity index (χ0v) is 17.5. The molecule has 3 rings (SSSR count). The van der Waals surface area contributed by atoms with Gasteiger partial charge in [-0.3, -0.25) is 9.89 Å². The number of aliphatic imine (C=N–C) groups is 1. The summed E-state index contributed by atoms with van der Waals surface area (Å²) in [7, 11) is 3.96. The quantitative estimate of drug-likeness (QED) is 0.557. The van der Waals surface area contributed by atoms with E-state index in [1.165, 1.54) is 23.3 Å². The molecule has 1 fully saturated rings. The number of hydrogen-bond acceptors (Lipinski definition) is 3. The average molecular weight is 398 g/mol. The fourth-order valence-electron chi connectivity index (χ4n) is 3.41. The summed E-state index contributed by atoms with van der Waals surface area (Å²) in [5, 5.41) is 6.66. The molecule has 0 aromatic heterocycles. The van der Waals surface area contributed by atoms with Gasteiger partial charge < -0.3 is 15.5 Å². The highest BCUT2D eigenvalue weighted by Gasteiger charge is 2.13. The maximum absolute atomic E-state index is 13.0. The summed E-state index contributed by atoms with van der Waals surface area (Å²) in [5.41, 5.74) is 3.69. The average Bonchev–Trinajstić information content (AvgIpc) is 2.74. The summed E-state index contributed by atoms with van der Waals surface area (Å²) < 4.78 is 13.0. The first-order valence-corrected chi connectivity index (χ1v) is 10.3. The van der Waals surface area contributed by atoms with Gasteiger partial charge in [0.05, 0.1) is 0 Å². The lowest BCUT2D eigenvalue weighted by Gasteiger charge is -2.32. The Bertz CT molecular complexity index is 765. The molecule has 1 aliphatic rings. The smallest absolute Gasteiger partial charge is 0.191 e. The molecule has 0 atom stereocenters. The van der Waals surface area contributed by atoms with Gasteiger partial charge in [0.25, 0.3) is 0 Å². The molecule has 0 aliphatic carbocycles. The number of likely N-dealkylation sites (N-methyl/N-ethyl adjacent to an activating group) is 1. The van der Waals surface area contributed by atoms with Crippen LogP contribution in [0.15, 0.2) is 53.5 Å². The van der Waals surface area contributed by atoms with E-state index in [9.17, 15) is 4.39 Å². The molecule has 1 aliphatic heterocycles. The Morgan fingerprint density at radius 1 is 0.897 bits per heavy atom. The lowest BCUT2D eigenvalue weighted by molar-refractivity contribution is 0.148. The van der Waals surface area contributed by atoms with Gasteiger partial charge in [-0.1, -0.05) is 36.4 Å². The number of piperazine rings is 1. The number of benzene rings is 2. The monoisotopic (exact) mass is 397 g/mol. The molecule has 2 aromatic carbocycles. The van der Waals surface area contributed by atoms with E-state index >= 15 is 0 Å². The molecule has 0 saturated carbocycles. The van der Waals surface area contributed by atoms with Crippen LogP contribution in [0, 0.1) is 5.82 Å². The van der Waals surface area contributed by atoms with Crippen molar-refractivity contribution in [3.05, 3.63) is 71.0 Å². The fraction of sp³-hybridized carbons (Fsp3) is 0.435. The molecular formula is C23H32FN5. The number of nitrogens with zero attached hydrogens (tertiary/aromatic N) is 3. The van der Waals surface area contributed by atoms with Crippen molar-refractivity contribution in [3.63, 3.8) is 0 Å². The second-order valence-corrected chi connectivity index (χ2v) is 7.62. The predicted octanol–water partition coefficient (Wildman–Crippen LogP) is 2.48. The molecule has 156 valence electrons. The van der Waals surface area contributed by atoms with Crippen LogP contribution in [0.5, 0.6) is 0 Å². The maximum Gasteiger partial charge on any atom is 0.191 e. The van der Waals surface area contributed by atoms with Gasteiger partial charge in [-0.25, -0.2) is 4.39 Å². The third kappa shape index (κ3) is 7.15. The maximum atomic E-state index is 13.0. The van der Waals surface area contributed by atoms with Crippen LogP contribution in [-0.2, 0) is 19.5 Å². The highest BCUT2D eigenvalue weighted by atomic mass is 19.1. The number of rotatable bonds is 7. The minimum absolute atomic E-state index is 0.200. The van der Waals surface area contributed by atoms with E-state index in [1.54, 1.807) is 7.05 Å². The molecule has 5 nitrogen and oxygen atoms in total. The van der Waals surface area contributed by atoms with E-state index in [2.05, 4.69) is 56.7 Å². The number of guanidine groups is 1. The molecule has 2 N–H and O–H groups in total. The lowest BCUT2D eigenvalue weighted by Crippen LogP contribution is -2.43. The topological polar surface area (TPSA) is 42.9 Å². The van der Waals surface area contributed by atoms with Crippen LogP contribution in [0.1, 0.15) is 16.7 Å². The van der Waals surface area contributed by atoms with Gasteiger partial charge in [0.1, 0.15) is 5.82 Å². The standard InChI is InChI=1S/C23H32FN5/c1-25-23(26-12-11-19-7-9-22(24)10-8-19)27-17-20-3-5-21(6-4-20)18-29-15-13-28(2)14-16-29/h3-10H,11-18H2,1-2H3,(H2,25,26,27). The van der Waals surface area contributed by atoms with Crippen molar-refractivity contribution in [1.82, 2.24) is 20.4 Å². The van der Waals surface area contributed by atoms with Crippen molar-refractivity contribution in [1.29, 1.82) is 0 Å². The van der Waals surface area contributed by atoms with Crippen LogP contribution in [0.25, 0.3) is 0 Å². The number of nitrogens with one attached hydrogen (secondary N) is 2. The molecule has 6 heteroatoms. The van der Waals surface area contributed by atoms with Gasteiger partial charge in [-0.05, 0) is 42.3 Å². The van der Waals surface area contributed by atoms with Crippen LogP contribution in [0.3, 0.4) is 0 Å². The molecule has 0 bridgehead atoms. The second-order valence-electron chi connectivity index (χ2n) is 7.62. The Morgan fingerprint density at radius 3 is 2.17 bits per heavy atom. The Morgan fingerprint density at radius 2 is 1.52 bits per heavy atom. The molecule has 2 aromatic rings. The van der Waals surface area contributed by atoms with Crippen molar-refractivity contribution in [2.24, 2.45) is 4.99 Å². The highest BCUT2D eigenvalue weighted by Crippen LogP contribution is 2.10. The van der Waals surface area contributed by atoms with Crippen molar-refractivity contribution in [2.75, 3.05) is 46.8 Å². The molecule has 1 saturated heterocycles. The summed E-state index contributed by atoms with van der Waals surface area (Å²) in [6.45, 7) is 7.07. The first kappa shape index (κ1) is 21.3. The van der Waals surface area contributed by atoms with Crippen LogP contribution in [-0.4, -0.2) is 62.6 Å². The van der Waals surface area contributed by atoms with E-state index in [4.69, 9.17) is 0 Å². The molecule has 29 heavy (non-hydrogen) atoms. The Kier molecular flexibility index (Phi) is 8.02. The third-order valence-electron chi connectivity index (χ3n) is 5.33. The van der Waals surface area contributed by atoms with Crippen LogP contribution < -0.4 is 10.6 Å². The summed E-state index contributed by atoms with van der Waals surface area (Å²) in [6, 6.07) is 15.4. The Hall–Kier alpha value is -2.44. The van der Waals surface area contributed by atoms with Crippen LogP contribution in [0.2, 0.25) is 0 Å². The lowest BCUT2D eigenvalue weighted by atomic mass is 10.1. The molecule has 0 radical (unpaired) electrons. The van der Waals surface area contributed by atoms with Crippen molar-refractivity contribution < 1.29 is 4.39 Å². The fourth-order valence-corrected chi connectivity index (χ4v) is 3.41. The van der Waals surface area contributed by atoms with Gasteiger partial charge in [0, 0.05) is 52.9 Å². The number of halogens is 1. The Balaban J connectivity index is 1.39. The van der Waals surface area contributed by atoms with Crippen molar-refractivity contribution >= 4 is 5.96 Å². The van der Waals surface area contributed by atoms with Crippen LogP contribution >= 0.6 is 0 Å². The van der Waals surface area contributed by atoms with E-state index in [1.807, 2.05) is 12.1 Å². The zero-order valence-electron chi connectivity index (χ0n) is 17.5. The largest absolute Gasteiger partial charge is 0.356 e. The summed E-state index contributed by atoms with van der Waals surface area (Å²) in [4.78, 5) is 9.17. The highest BCUT2D eigenvalue weighted by molar-refractivity contribution is 5.79. The summed E-state index contributed by atoms with van der Waals surface area (Å²) in [5.74, 6) is 0.572. The van der Waals surface area contributed by atoms with Gasteiger partial charge in [-0.2, -0.15) is 0 Å². The third-order valence-corrected chi connectivity index (χ3v) is 5.33. The predicted molar refractivity (Wildman–Crippen MR) is 118 cm³/mol. The van der Waals surface area contributed by atoms with Gasteiger partial charge in [0.15, 0.2) is 5.96 Å². The van der Waals surface area contributed by atoms with Crippen LogP contribution in [0.4, 0.5) is 4.39 Å². The van der Waals surface area contributed by atoms with Gasteiger partial charge in [-0.15, -0.1) is 0 Å². The first-order valence-electron chi connectivity index (χ1n) is 10.3. The zero-order chi connectivity index (χ0) is 20.5. The van der Waals surface area contributed by atoms with Crippen molar-refractivity contribution in [2.45, 2.75) is 19.5 Å². The minimum atomic E-state index is -0.200. The molecule has 0 spiro atoms. The number of hydrogen-bond donors (Lipinski definition) is 2. The van der Waals surface area contributed by atoms with E-state index < -0.39 is 0 Å².